The van der Waals surface area contributed by atoms with Crippen molar-refractivity contribution in [3.8, 4) is 0 Å². The lowest BCUT2D eigenvalue weighted by Crippen LogP contribution is -3.13. The molecule has 0 saturated carbocycles. The molecular weight excluding hydrogens is 204 g/mol. The third kappa shape index (κ3) is 2.00. The van der Waals surface area contributed by atoms with Crippen molar-refractivity contribution in [3.05, 3.63) is 29.6 Å². The van der Waals surface area contributed by atoms with E-state index in [2.05, 4.69) is 15.2 Å². The molecule has 1 N–H and O–H groups in total. The average molecular weight is 219 g/mol. The zero-order valence-corrected chi connectivity index (χ0v) is 9.69. The summed E-state index contributed by atoms with van der Waals surface area (Å²) in [6.45, 7) is 2.46. The summed E-state index contributed by atoms with van der Waals surface area (Å²) in [5, 5.41) is 8.27. The standard InChI is InChI=1S/C11H14N4O/c1-8-4-5-9(6-12-8)11-14-13-10(7-16-3)15(11)2/h4-6H,7H2,1-3H3/p+1. The molecule has 0 amide bonds. The van der Waals surface area contributed by atoms with Crippen molar-refractivity contribution in [2.45, 2.75) is 6.92 Å². The van der Waals surface area contributed by atoms with Crippen molar-refractivity contribution < 1.29 is 9.64 Å². The van der Waals surface area contributed by atoms with Crippen LogP contribution in [0.15, 0.2) is 28.5 Å². The van der Waals surface area contributed by atoms with Crippen LogP contribution < -0.4 is 4.90 Å². The first-order valence-corrected chi connectivity index (χ1v) is 5.13. The summed E-state index contributed by atoms with van der Waals surface area (Å²) >= 11 is 0. The van der Waals surface area contributed by atoms with Crippen LogP contribution in [0.2, 0.25) is 0 Å². The van der Waals surface area contributed by atoms with Crippen LogP contribution in [0.1, 0.15) is 11.3 Å². The molecule has 5 heteroatoms. The number of quaternary nitrogens is 1. The smallest absolute Gasteiger partial charge is 0.260 e. The van der Waals surface area contributed by atoms with Crippen LogP contribution in [0.5, 0.6) is 0 Å². The van der Waals surface area contributed by atoms with Crippen LogP contribution in [0.4, 0.5) is 0 Å². The minimum Gasteiger partial charge on any atom is -0.372 e. The fraction of sp³-hybridized carbons (Fsp3) is 0.364. The Labute approximate surface area is 94.5 Å². The van der Waals surface area contributed by atoms with Crippen molar-refractivity contribution in [2.24, 2.45) is 10.2 Å². The molecule has 1 aromatic rings. The van der Waals surface area contributed by atoms with E-state index in [0.29, 0.717) is 6.61 Å². The first kappa shape index (κ1) is 10.9. The number of nitrogens with zero attached hydrogens (tertiary/aromatic N) is 3. The van der Waals surface area contributed by atoms with E-state index in [9.17, 15) is 0 Å². The zero-order chi connectivity index (χ0) is 11.5. The molecule has 84 valence electrons. The average Bonchev–Trinajstić information content (AvgIpc) is 2.63. The quantitative estimate of drug-likeness (QED) is 0.753. The monoisotopic (exact) mass is 219 g/mol. The number of ether oxygens (including phenoxy) is 1. The minimum absolute atomic E-state index is 0.498. The van der Waals surface area contributed by atoms with Gasteiger partial charge in [-0.3, -0.25) is 4.98 Å². The highest BCUT2D eigenvalue weighted by molar-refractivity contribution is 6.00. The van der Waals surface area contributed by atoms with E-state index in [0.717, 1.165) is 27.8 Å². The Morgan fingerprint density at radius 1 is 1.31 bits per heavy atom. The van der Waals surface area contributed by atoms with E-state index in [1.165, 1.54) is 0 Å². The molecule has 0 spiro atoms. The second-order valence-electron chi connectivity index (χ2n) is 3.74. The molecule has 5 nitrogen and oxygen atoms in total. The minimum atomic E-state index is 0.498. The van der Waals surface area contributed by atoms with Gasteiger partial charge in [0, 0.05) is 19.0 Å². The number of hydrogen-bond acceptors (Lipinski definition) is 4. The lowest BCUT2D eigenvalue weighted by Gasteiger charge is -2.09. The molecule has 1 aliphatic heterocycles. The maximum absolute atomic E-state index is 5.06. The number of pyridine rings is 1. The van der Waals surface area contributed by atoms with Gasteiger partial charge in [-0.2, -0.15) is 0 Å². The van der Waals surface area contributed by atoms with E-state index >= 15 is 0 Å². The van der Waals surface area contributed by atoms with Gasteiger partial charge in [-0.25, -0.2) is 4.90 Å². The molecule has 1 aliphatic rings. The topological polar surface area (TPSA) is 51.3 Å². The van der Waals surface area contributed by atoms with Gasteiger partial charge in [-0.1, -0.05) is 10.2 Å². The first-order valence-electron chi connectivity index (χ1n) is 5.13. The van der Waals surface area contributed by atoms with Crippen molar-refractivity contribution in [3.63, 3.8) is 0 Å². The summed E-state index contributed by atoms with van der Waals surface area (Å²) in [7, 11) is 3.66. The van der Waals surface area contributed by atoms with Gasteiger partial charge in [0.05, 0.1) is 12.6 Å². The van der Waals surface area contributed by atoms with E-state index in [4.69, 9.17) is 4.74 Å². The predicted octanol–water partition coefficient (Wildman–Crippen LogP) is -0.375. The maximum Gasteiger partial charge on any atom is 0.260 e. The SMILES string of the molecule is COCC1=NN=C(c2ccc(C)nc2)[NH+]1C. The van der Waals surface area contributed by atoms with Gasteiger partial charge in [0.15, 0.2) is 0 Å². The van der Waals surface area contributed by atoms with Gasteiger partial charge in [-0.15, -0.1) is 0 Å². The van der Waals surface area contributed by atoms with Gasteiger partial charge in [0.25, 0.3) is 11.7 Å². The summed E-state index contributed by atoms with van der Waals surface area (Å²) in [4.78, 5) is 5.32. The summed E-state index contributed by atoms with van der Waals surface area (Å²) < 4.78 is 5.06. The molecule has 1 atom stereocenters. The van der Waals surface area contributed by atoms with Crippen molar-refractivity contribution in [2.75, 3.05) is 20.8 Å². The molecule has 0 aromatic carbocycles. The van der Waals surface area contributed by atoms with Crippen LogP contribution in [0.3, 0.4) is 0 Å². The summed E-state index contributed by atoms with van der Waals surface area (Å²) in [6, 6.07) is 3.98. The van der Waals surface area contributed by atoms with Gasteiger partial charge >= 0.3 is 0 Å². The number of amidine groups is 2. The molecule has 0 aliphatic carbocycles. The second kappa shape index (κ2) is 4.51. The second-order valence-corrected chi connectivity index (χ2v) is 3.74. The molecule has 2 heterocycles. The molecule has 16 heavy (non-hydrogen) atoms. The highest BCUT2D eigenvalue weighted by Gasteiger charge is 2.26. The highest BCUT2D eigenvalue weighted by atomic mass is 16.5. The fourth-order valence-electron chi connectivity index (χ4n) is 1.55. The predicted molar refractivity (Wildman–Crippen MR) is 61.7 cm³/mol. The van der Waals surface area contributed by atoms with Crippen LogP contribution in [-0.4, -0.2) is 37.4 Å². The molecule has 0 fully saturated rings. The van der Waals surface area contributed by atoms with Gasteiger partial charge in [0.2, 0.25) is 0 Å². The van der Waals surface area contributed by atoms with Crippen molar-refractivity contribution in [1.82, 2.24) is 4.98 Å². The van der Waals surface area contributed by atoms with Gasteiger partial charge < -0.3 is 4.74 Å². The molecule has 1 unspecified atom stereocenters. The normalized spacial score (nSPS) is 19.6. The lowest BCUT2D eigenvalue weighted by molar-refractivity contribution is -0.673. The molecule has 1 aromatic heterocycles. The maximum atomic E-state index is 5.06. The Balaban J connectivity index is 2.17. The fourth-order valence-corrected chi connectivity index (χ4v) is 1.55. The Hall–Kier alpha value is -1.59. The van der Waals surface area contributed by atoms with Crippen LogP contribution in [-0.2, 0) is 4.74 Å². The molecule has 0 saturated heterocycles. The van der Waals surface area contributed by atoms with Crippen LogP contribution >= 0.6 is 0 Å². The Bertz CT molecular complexity index is 436. The number of likely N-dealkylation sites (N-methyl/N-ethyl adjacent to an activating group) is 1. The number of aromatic nitrogens is 1. The van der Waals surface area contributed by atoms with E-state index in [1.54, 1.807) is 7.11 Å². The Morgan fingerprint density at radius 3 is 2.75 bits per heavy atom. The molecule has 0 bridgehead atoms. The molecular formula is C11H15N4O+. The molecule has 0 radical (unpaired) electrons. The first-order chi connectivity index (χ1) is 7.72. The number of nitrogens with one attached hydrogen (secondary N) is 1. The highest BCUT2D eigenvalue weighted by Crippen LogP contribution is 2.01. The van der Waals surface area contributed by atoms with Crippen molar-refractivity contribution in [1.29, 1.82) is 0 Å². The Morgan fingerprint density at radius 2 is 2.12 bits per heavy atom. The summed E-state index contributed by atoms with van der Waals surface area (Å²) in [5.41, 5.74) is 2.00. The third-order valence-corrected chi connectivity index (χ3v) is 2.52. The molecule has 2 rings (SSSR count). The summed E-state index contributed by atoms with van der Waals surface area (Å²) in [6.07, 6.45) is 1.82. The summed E-state index contributed by atoms with van der Waals surface area (Å²) in [5.74, 6) is 1.78. The van der Waals surface area contributed by atoms with Gasteiger partial charge in [-0.05, 0) is 19.1 Å². The Kier molecular flexibility index (Phi) is 3.07. The van der Waals surface area contributed by atoms with E-state index in [-0.39, 0.29) is 0 Å². The number of aryl methyl sites for hydroxylation is 1. The van der Waals surface area contributed by atoms with E-state index < -0.39 is 0 Å². The van der Waals surface area contributed by atoms with Crippen LogP contribution in [0, 0.1) is 6.92 Å². The van der Waals surface area contributed by atoms with Crippen LogP contribution in [0.25, 0.3) is 0 Å². The largest absolute Gasteiger partial charge is 0.372 e. The number of methoxy groups -OCH3 is 1. The number of rotatable bonds is 3. The lowest BCUT2D eigenvalue weighted by atomic mass is 10.2. The van der Waals surface area contributed by atoms with E-state index in [1.807, 2.05) is 32.3 Å². The number of hydrogen-bond donors (Lipinski definition) is 1. The zero-order valence-electron chi connectivity index (χ0n) is 9.69. The third-order valence-electron chi connectivity index (χ3n) is 2.52. The van der Waals surface area contributed by atoms with Gasteiger partial charge in [0.1, 0.15) is 6.61 Å². The van der Waals surface area contributed by atoms with Crippen molar-refractivity contribution >= 4 is 11.7 Å².